The van der Waals surface area contributed by atoms with E-state index >= 15 is 0 Å². The van der Waals surface area contributed by atoms with Crippen molar-refractivity contribution in [1.29, 1.82) is 0 Å². The van der Waals surface area contributed by atoms with Gasteiger partial charge < -0.3 is 20.8 Å². The maximum Gasteiger partial charge on any atom is 0.337 e. The van der Waals surface area contributed by atoms with Crippen LogP contribution in [0, 0.1) is 0 Å². The highest BCUT2D eigenvalue weighted by Crippen LogP contribution is 2.27. The lowest BCUT2D eigenvalue weighted by Gasteiger charge is -2.12. The van der Waals surface area contributed by atoms with Crippen molar-refractivity contribution in [3.63, 3.8) is 0 Å². The molecule has 0 aliphatic rings. The lowest BCUT2D eigenvalue weighted by Crippen LogP contribution is -2.19. The van der Waals surface area contributed by atoms with Gasteiger partial charge in [-0.1, -0.05) is 36.4 Å². The number of nitrogens with one attached hydrogen (secondary N) is 4. The van der Waals surface area contributed by atoms with Crippen LogP contribution in [-0.2, 0) is 20.0 Å². The number of carbonyl (C=O) groups is 3. The van der Waals surface area contributed by atoms with E-state index in [1.54, 1.807) is 48.5 Å². The summed E-state index contributed by atoms with van der Waals surface area (Å²) in [5.74, 6) is -2.40. The standard InChI is InChI=1S/C35H26N4O9S2/c40-33(41)21-5-11-26(12-6-21)38-49(45,46)29-15-9-22-17-27(13-7-24(22)19-29)36-35(44)37-28-14-8-25-20-30(16-10-23(25)18-28)50(47,48)39-32-4-2-1-3-31(32)34(42)43/h1-20,38-39H,(H,40,41)(H,42,43)(H2,36,37,44). The SMILES string of the molecule is O=C(Nc1ccc2cc(S(=O)(=O)Nc3ccc(C(=O)O)cc3)ccc2c1)Nc1ccc2cc(S(=O)(=O)Nc3ccccc3C(=O)O)ccc2c1. The molecule has 0 fully saturated rings. The van der Waals surface area contributed by atoms with Crippen molar-refractivity contribution >= 4 is 82.3 Å². The highest BCUT2D eigenvalue weighted by Gasteiger charge is 2.19. The zero-order chi connectivity index (χ0) is 35.6. The second kappa shape index (κ2) is 13.2. The van der Waals surface area contributed by atoms with E-state index in [0.717, 1.165) is 0 Å². The predicted octanol–water partition coefficient (Wildman–Crippen LogP) is 6.64. The molecule has 0 saturated carbocycles. The van der Waals surface area contributed by atoms with Gasteiger partial charge in [0.05, 0.1) is 26.6 Å². The van der Waals surface area contributed by atoms with Gasteiger partial charge in [0.2, 0.25) is 0 Å². The molecule has 0 unspecified atom stereocenters. The van der Waals surface area contributed by atoms with Crippen molar-refractivity contribution in [1.82, 2.24) is 0 Å². The van der Waals surface area contributed by atoms with Crippen molar-refractivity contribution in [2.24, 2.45) is 0 Å². The number of hydrogen-bond acceptors (Lipinski definition) is 7. The first-order valence-electron chi connectivity index (χ1n) is 14.6. The lowest BCUT2D eigenvalue weighted by atomic mass is 10.1. The maximum atomic E-state index is 13.0. The van der Waals surface area contributed by atoms with Crippen molar-refractivity contribution < 1.29 is 41.4 Å². The molecule has 0 aliphatic carbocycles. The number of rotatable bonds is 10. The molecular weight excluding hydrogens is 685 g/mol. The van der Waals surface area contributed by atoms with Crippen molar-refractivity contribution in [3.05, 3.63) is 132 Å². The molecule has 0 spiro atoms. The van der Waals surface area contributed by atoms with E-state index in [9.17, 15) is 36.3 Å². The van der Waals surface area contributed by atoms with Crippen LogP contribution in [0.5, 0.6) is 0 Å². The van der Waals surface area contributed by atoms with Crippen LogP contribution >= 0.6 is 0 Å². The van der Waals surface area contributed by atoms with E-state index in [-0.39, 0.29) is 32.3 Å². The molecule has 6 rings (SSSR count). The number of urea groups is 1. The minimum Gasteiger partial charge on any atom is -0.478 e. The Labute approximate surface area is 285 Å². The topological polar surface area (TPSA) is 208 Å². The van der Waals surface area contributed by atoms with Crippen molar-refractivity contribution in [2.75, 3.05) is 20.1 Å². The molecule has 6 N–H and O–H groups in total. The first-order valence-corrected chi connectivity index (χ1v) is 17.6. The average Bonchev–Trinajstić information content (AvgIpc) is 3.07. The molecule has 0 saturated heterocycles. The van der Waals surface area contributed by atoms with Gasteiger partial charge in [-0.2, -0.15) is 0 Å². The highest BCUT2D eigenvalue weighted by molar-refractivity contribution is 7.93. The Morgan fingerprint density at radius 1 is 0.480 bits per heavy atom. The Morgan fingerprint density at radius 3 is 1.46 bits per heavy atom. The fourth-order valence-corrected chi connectivity index (χ4v) is 7.30. The van der Waals surface area contributed by atoms with Crippen LogP contribution in [0.25, 0.3) is 21.5 Å². The van der Waals surface area contributed by atoms with Gasteiger partial charge in [0.15, 0.2) is 0 Å². The molecule has 0 atom stereocenters. The van der Waals surface area contributed by atoms with Crippen LogP contribution < -0.4 is 20.1 Å². The summed E-state index contributed by atoms with van der Waals surface area (Å²) in [7, 11) is -8.08. The van der Waals surface area contributed by atoms with Crippen LogP contribution in [-0.4, -0.2) is 45.0 Å². The van der Waals surface area contributed by atoms with Gasteiger partial charge in [-0.25, -0.2) is 31.2 Å². The number of para-hydroxylation sites is 1. The number of amides is 2. The quantitative estimate of drug-likeness (QED) is 0.0900. The van der Waals surface area contributed by atoms with Crippen molar-refractivity contribution in [3.8, 4) is 0 Å². The summed E-state index contributed by atoms with van der Waals surface area (Å²) in [5, 5.41) is 26.3. The molecule has 2 amide bonds. The van der Waals surface area contributed by atoms with Crippen molar-refractivity contribution in [2.45, 2.75) is 9.79 Å². The normalized spacial score (nSPS) is 11.5. The zero-order valence-electron chi connectivity index (χ0n) is 25.6. The van der Waals surface area contributed by atoms with E-state index in [2.05, 4.69) is 20.1 Å². The molecule has 6 aromatic rings. The number of hydrogen-bond donors (Lipinski definition) is 6. The van der Waals surface area contributed by atoms with Crippen LogP contribution in [0.2, 0.25) is 0 Å². The Morgan fingerprint density at radius 2 is 0.940 bits per heavy atom. The third kappa shape index (κ3) is 7.33. The summed E-state index contributed by atoms with van der Waals surface area (Å²) in [4.78, 5) is 35.3. The van der Waals surface area contributed by atoms with Gasteiger partial charge >= 0.3 is 18.0 Å². The first kappa shape index (κ1) is 33.5. The predicted molar refractivity (Wildman–Crippen MR) is 189 cm³/mol. The smallest absolute Gasteiger partial charge is 0.337 e. The van der Waals surface area contributed by atoms with Gasteiger partial charge in [-0.3, -0.25) is 9.44 Å². The van der Waals surface area contributed by atoms with E-state index in [4.69, 9.17) is 5.11 Å². The molecule has 15 heteroatoms. The summed E-state index contributed by atoms with van der Waals surface area (Å²) < 4.78 is 56.7. The minimum atomic E-state index is -4.11. The lowest BCUT2D eigenvalue weighted by molar-refractivity contribution is 0.0686. The third-order valence-electron chi connectivity index (χ3n) is 7.55. The second-order valence-corrected chi connectivity index (χ2v) is 14.3. The summed E-state index contributed by atoms with van der Waals surface area (Å²) in [6.07, 6.45) is 0. The van der Waals surface area contributed by atoms with E-state index < -0.39 is 38.0 Å². The fourth-order valence-electron chi connectivity index (χ4n) is 5.09. The average molecular weight is 711 g/mol. The third-order valence-corrected chi connectivity index (χ3v) is 10.3. The summed E-state index contributed by atoms with van der Waals surface area (Å²) in [5.41, 5.74) is 0.850. The number of carboxylic acid groups (broad SMARTS) is 2. The number of anilines is 4. The van der Waals surface area contributed by atoms with E-state index in [0.29, 0.717) is 32.9 Å². The Hall–Kier alpha value is -6.45. The Kier molecular flexibility index (Phi) is 8.84. The maximum absolute atomic E-state index is 13.0. The van der Waals surface area contributed by atoms with E-state index in [1.807, 2.05) is 0 Å². The Bertz CT molecular complexity index is 2560. The Balaban J connectivity index is 1.12. The summed E-state index contributed by atoms with van der Waals surface area (Å²) in [6.45, 7) is 0. The molecule has 0 heterocycles. The number of aromatic carboxylic acids is 2. The fraction of sp³-hybridized carbons (Fsp3) is 0. The second-order valence-electron chi connectivity index (χ2n) is 11.0. The molecule has 0 aliphatic heterocycles. The molecule has 252 valence electrons. The van der Waals surface area contributed by atoms with Gasteiger partial charge in [0.25, 0.3) is 20.0 Å². The van der Waals surface area contributed by atoms with Crippen LogP contribution in [0.4, 0.5) is 27.5 Å². The number of carboxylic acids is 2. The number of carbonyl (C=O) groups excluding carboxylic acids is 1. The highest BCUT2D eigenvalue weighted by atomic mass is 32.2. The van der Waals surface area contributed by atoms with Crippen LogP contribution in [0.15, 0.2) is 131 Å². The monoisotopic (exact) mass is 710 g/mol. The zero-order valence-corrected chi connectivity index (χ0v) is 27.2. The summed E-state index contributed by atoms with van der Waals surface area (Å²) >= 11 is 0. The molecule has 13 nitrogen and oxygen atoms in total. The molecule has 0 bridgehead atoms. The van der Waals surface area contributed by atoms with Gasteiger partial charge in [0, 0.05) is 17.1 Å². The summed E-state index contributed by atoms with van der Waals surface area (Å²) in [6, 6.07) is 29.1. The molecular formula is C35H26N4O9S2. The molecule has 6 aromatic carbocycles. The van der Waals surface area contributed by atoms with Gasteiger partial charge in [-0.05, 0) is 106 Å². The van der Waals surface area contributed by atoms with Gasteiger partial charge in [-0.15, -0.1) is 0 Å². The van der Waals surface area contributed by atoms with Crippen LogP contribution in [0.3, 0.4) is 0 Å². The number of benzene rings is 6. The van der Waals surface area contributed by atoms with Crippen LogP contribution in [0.1, 0.15) is 20.7 Å². The van der Waals surface area contributed by atoms with Gasteiger partial charge in [0.1, 0.15) is 0 Å². The van der Waals surface area contributed by atoms with E-state index in [1.165, 1.54) is 72.8 Å². The number of sulfonamides is 2. The molecule has 0 aromatic heterocycles. The minimum absolute atomic E-state index is 0.00781. The first-order chi connectivity index (χ1) is 23.8. The molecule has 50 heavy (non-hydrogen) atoms. The largest absolute Gasteiger partial charge is 0.478 e. The molecule has 0 radical (unpaired) electrons. The number of fused-ring (bicyclic) bond motifs is 2.